The zero-order valence-electron chi connectivity index (χ0n) is 13.6. The molecular weight excluding hydrogens is 283 g/mol. The SMILES string of the molecule is Cc1nc(C)c(F)c(N2CCC([C@H]3NC(=O)C3(C)C)CC2)n1. The molecule has 0 saturated carbocycles. The Bertz CT molecular complexity index is 608. The first-order valence-corrected chi connectivity index (χ1v) is 7.87. The molecule has 1 amide bonds. The van der Waals surface area contributed by atoms with E-state index in [1.807, 2.05) is 18.7 Å². The topological polar surface area (TPSA) is 58.1 Å². The smallest absolute Gasteiger partial charge is 0.228 e. The Balaban J connectivity index is 1.69. The number of nitrogens with one attached hydrogen (secondary N) is 1. The molecule has 1 atom stereocenters. The zero-order chi connectivity index (χ0) is 16.1. The van der Waals surface area contributed by atoms with Gasteiger partial charge in [0.25, 0.3) is 0 Å². The summed E-state index contributed by atoms with van der Waals surface area (Å²) in [6.45, 7) is 8.99. The van der Waals surface area contributed by atoms with E-state index in [1.165, 1.54) is 0 Å². The second-order valence-electron chi connectivity index (χ2n) is 6.99. The lowest BCUT2D eigenvalue weighted by atomic mass is 9.68. The van der Waals surface area contributed by atoms with Crippen molar-refractivity contribution in [3.05, 3.63) is 17.3 Å². The number of hydrogen-bond donors (Lipinski definition) is 1. The van der Waals surface area contributed by atoms with Crippen molar-refractivity contribution in [1.82, 2.24) is 15.3 Å². The van der Waals surface area contributed by atoms with E-state index in [0.717, 1.165) is 25.9 Å². The summed E-state index contributed by atoms with van der Waals surface area (Å²) < 4.78 is 14.2. The summed E-state index contributed by atoms with van der Waals surface area (Å²) in [5.41, 5.74) is 0.122. The molecule has 2 aliphatic rings. The van der Waals surface area contributed by atoms with Gasteiger partial charge in [-0.25, -0.2) is 14.4 Å². The van der Waals surface area contributed by atoms with E-state index in [-0.39, 0.29) is 23.2 Å². The van der Waals surface area contributed by atoms with Crippen molar-refractivity contribution in [2.45, 2.75) is 46.6 Å². The molecule has 2 saturated heterocycles. The van der Waals surface area contributed by atoms with Crippen LogP contribution in [0.5, 0.6) is 0 Å². The summed E-state index contributed by atoms with van der Waals surface area (Å²) in [5.74, 6) is 1.29. The molecule has 0 aromatic carbocycles. The molecule has 0 aliphatic carbocycles. The lowest BCUT2D eigenvalue weighted by molar-refractivity contribution is -0.145. The largest absolute Gasteiger partial charge is 0.354 e. The molecule has 120 valence electrons. The van der Waals surface area contributed by atoms with Gasteiger partial charge in [-0.3, -0.25) is 4.79 Å². The summed E-state index contributed by atoms with van der Waals surface area (Å²) in [6.07, 6.45) is 1.88. The fourth-order valence-electron chi connectivity index (χ4n) is 3.61. The highest BCUT2D eigenvalue weighted by atomic mass is 19.1. The minimum atomic E-state index is -0.318. The minimum Gasteiger partial charge on any atom is -0.354 e. The highest BCUT2D eigenvalue weighted by Gasteiger charge is 2.51. The average molecular weight is 306 g/mol. The van der Waals surface area contributed by atoms with Gasteiger partial charge in [-0.2, -0.15) is 0 Å². The molecule has 0 bridgehead atoms. The van der Waals surface area contributed by atoms with Crippen LogP contribution in [-0.4, -0.2) is 35.0 Å². The quantitative estimate of drug-likeness (QED) is 0.849. The van der Waals surface area contributed by atoms with Crippen LogP contribution in [0.4, 0.5) is 10.2 Å². The maximum atomic E-state index is 14.2. The van der Waals surface area contributed by atoms with E-state index in [0.29, 0.717) is 23.3 Å². The van der Waals surface area contributed by atoms with Gasteiger partial charge in [-0.05, 0) is 46.5 Å². The van der Waals surface area contributed by atoms with Crippen molar-refractivity contribution in [1.29, 1.82) is 0 Å². The maximum Gasteiger partial charge on any atom is 0.228 e. The van der Waals surface area contributed by atoms with E-state index >= 15 is 0 Å². The highest BCUT2D eigenvalue weighted by molar-refractivity contribution is 5.89. The first kappa shape index (κ1) is 15.2. The van der Waals surface area contributed by atoms with E-state index in [1.54, 1.807) is 13.8 Å². The Morgan fingerprint density at radius 2 is 1.86 bits per heavy atom. The van der Waals surface area contributed by atoms with Crippen LogP contribution in [0.15, 0.2) is 0 Å². The van der Waals surface area contributed by atoms with Gasteiger partial charge >= 0.3 is 0 Å². The van der Waals surface area contributed by atoms with Gasteiger partial charge in [0.15, 0.2) is 11.6 Å². The number of hydrogen-bond acceptors (Lipinski definition) is 4. The number of aryl methyl sites for hydroxylation is 2. The highest BCUT2D eigenvalue weighted by Crippen LogP contribution is 2.39. The van der Waals surface area contributed by atoms with Crippen molar-refractivity contribution in [2.24, 2.45) is 11.3 Å². The third-order valence-corrected chi connectivity index (χ3v) is 5.07. The lowest BCUT2D eigenvalue weighted by Gasteiger charge is -2.50. The van der Waals surface area contributed by atoms with Crippen LogP contribution in [0, 0.1) is 31.0 Å². The Morgan fingerprint density at radius 1 is 1.23 bits per heavy atom. The molecule has 2 fully saturated rings. The maximum absolute atomic E-state index is 14.2. The van der Waals surface area contributed by atoms with E-state index in [4.69, 9.17) is 0 Å². The number of anilines is 1. The van der Waals surface area contributed by atoms with Gasteiger partial charge in [0.2, 0.25) is 5.91 Å². The predicted molar refractivity (Wildman–Crippen MR) is 82.1 cm³/mol. The van der Waals surface area contributed by atoms with E-state index in [9.17, 15) is 9.18 Å². The number of rotatable bonds is 2. The predicted octanol–water partition coefficient (Wildman–Crippen LogP) is 1.97. The number of piperidine rings is 1. The molecule has 0 unspecified atom stereocenters. The van der Waals surface area contributed by atoms with Crippen LogP contribution in [0.3, 0.4) is 0 Å². The number of β-lactam (4-membered cyclic amide) rings is 1. The number of carbonyl (C=O) groups is 1. The van der Waals surface area contributed by atoms with Gasteiger partial charge in [0.05, 0.1) is 11.1 Å². The van der Waals surface area contributed by atoms with Crippen molar-refractivity contribution in [3.8, 4) is 0 Å². The summed E-state index contributed by atoms with van der Waals surface area (Å²) in [7, 11) is 0. The third-order valence-electron chi connectivity index (χ3n) is 5.07. The van der Waals surface area contributed by atoms with Crippen molar-refractivity contribution < 1.29 is 9.18 Å². The molecule has 2 aliphatic heterocycles. The van der Waals surface area contributed by atoms with E-state index in [2.05, 4.69) is 15.3 Å². The molecule has 1 aromatic heterocycles. The van der Waals surface area contributed by atoms with Crippen LogP contribution < -0.4 is 10.2 Å². The monoisotopic (exact) mass is 306 g/mol. The zero-order valence-corrected chi connectivity index (χ0v) is 13.6. The molecule has 1 N–H and O–H groups in total. The number of halogens is 1. The second kappa shape index (κ2) is 5.18. The Hall–Kier alpha value is -1.72. The average Bonchev–Trinajstić information content (AvgIpc) is 2.48. The fourth-order valence-corrected chi connectivity index (χ4v) is 3.61. The van der Waals surface area contributed by atoms with Crippen molar-refractivity contribution in [3.63, 3.8) is 0 Å². The number of aromatic nitrogens is 2. The number of amides is 1. The Morgan fingerprint density at radius 3 is 2.41 bits per heavy atom. The molecule has 0 spiro atoms. The van der Waals surface area contributed by atoms with Gasteiger partial charge in [0.1, 0.15) is 5.82 Å². The van der Waals surface area contributed by atoms with Crippen LogP contribution in [-0.2, 0) is 4.79 Å². The molecule has 1 aromatic rings. The Kier molecular flexibility index (Phi) is 3.57. The molecule has 5 nitrogen and oxygen atoms in total. The fraction of sp³-hybridized carbons (Fsp3) is 0.688. The van der Waals surface area contributed by atoms with Gasteiger partial charge < -0.3 is 10.2 Å². The number of nitrogens with zero attached hydrogens (tertiary/aromatic N) is 3. The van der Waals surface area contributed by atoms with Gasteiger partial charge in [-0.15, -0.1) is 0 Å². The minimum absolute atomic E-state index is 0.132. The first-order valence-electron chi connectivity index (χ1n) is 7.87. The first-order chi connectivity index (χ1) is 10.3. The normalized spacial score (nSPS) is 24.9. The van der Waals surface area contributed by atoms with Crippen LogP contribution >= 0.6 is 0 Å². The lowest BCUT2D eigenvalue weighted by Crippen LogP contribution is -2.67. The molecular formula is C16H23FN4O. The summed E-state index contributed by atoms with van der Waals surface area (Å²) in [6, 6.07) is 0.237. The van der Waals surface area contributed by atoms with Crippen LogP contribution in [0.1, 0.15) is 38.2 Å². The van der Waals surface area contributed by atoms with Gasteiger partial charge in [-0.1, -0.05) is 0 Å². The molecule has 0 radical (unpaired) electrons. The van der Waals surface area contributed by atoms with Crippen molar-refractivity contribution >= 4 is 11.7 Å². The summed E-state index contributed by atoms with van der Waals surface area (Å²) in [5, 5.41) is 3.03. The summed E-state index contributed by atoms with van der Waals surface area (Å²) in [4.78, 5) is 22.0. The van der Waals surface area contributed by atoms with Gasteiger partial charge in [0, 0.05) is 19.1 Å². The molecule has 22 heavy (non-hydrogen) atoms. The van der Waals surface area contributed by atoms with Crippen LogP contribution in [0.2, 0.25) is 0 Å². The third kappa shape index (κ3) is 2.34. The number of carbonyl (C=O) groups excluding carboxylic acids is 1. The van der Waals surface area contributed by atoms with Crippen LogP contribution in [0.25, 0.3) is 0 Å². The van der Waals surface area contributed by atoms with Crippen molar-refractivity contribution in [2.75, 3.05) is 18.0 Å². The van der Waals surface area contributed by atoms with E-state index < -0.39 is 0 Å². The molecule has 3 rings (SSSR count). The second-order valence-corrected chi connectivity index (χ2v) is 6.99. The standard InChI is InChI=1S/C16H23FN4O/c1-9-12(17)14(19-10(2)18-9)21-7-5-11(6-8-21)13-16(3,4)15(22)20-13/h11,13H,5-8H2,1-4H3,(H,20,22)/t13-/m1/s1. The molecule has 3 heterocycles. The molecule has 6 heteroatoms. The Labute approximate surface area is 130 Å². The summed E-state index contributed by atoms with van der Waals surface area (Å²) >= 11 is 0.